The summed E-state index contributed by atoms with van der Waals surface area (Å²) in [5.74, 6) is 1.15. The quantitative estimate of drug-likeness (QED) is 0.910. The molecule has 0 aromatic carbocycles. The van der Waals surface area contributed by atoms with Crippen molar-refractivity contribution in [1.82, 2.24) is 10.2 Å². The molecular weight excluding hydrogens is 256 g/mol. The van der Waals surface area contributed by atoms with Crippen LogP contribution in [0.2, 0.25) is 0 Å². The Morgan fingerprint density at radius 3 is 3.10 bits per heavy atom. The average Bonchev–Trinajstić information content (AvgIpc) is 3.12. The lowest BCUT2D eigenvalue weighted by Gasteiger charge is -2.27. The lowest BCUT2D eigenvalue weighted by atomic mass is 10.1. The average molecular weight is 276 g/mol. The molecule has 0 radical (unpaired) electrons. The first-order chi connectivity index (χ1) is 9.72. The number of rotatable bonds is 3. The summed E-state index contributed by atoms with van der Waals surface area (Å²) in [7, 11) is 0. The van der Waals surface area contributed by atoms with Crippen LogP contribution < -0.4 is 5.32 Å². The number of nitrogens with zero attached hydrogens (tertiary/aromatic N) is 1. The highest BCUT2D eigenvalue weighted by molar-refractivity contribution is 5.90. The molecule has 0 unspecified atom stereocenters. The van der Waals surface area contributed by atoms with Crippen molar-refractivity contribution >= 4 is 11.8 Å². The van der Waals surface area contributed by atoms with Gasteiger partial charge in [-0.1, -0.05) is 6.92 Å². The number of carbonyl (C=O) groups is 2. The van der Waals surface area contributed by atoms with Gasteiger partial charge >= 0.3 is 0 Å². The summed E-state index contributed by atoms with van der Waals surface area (Å²) in [6.45, 7) is 3.27. The third-order valence-electron chi connectivity index (χ3n) is 4.24. The van der Waals surface area contributed by atoms with E-state index in [1.807, 2.05) is 19.1 Å². The van der Waals surface area contributed by atoms with Crippen molar-refractivity contribution in [2.24, 2.45) is 5.92 Å². The fourth-order valence-electron chi connectivity index (χ4n) is 3.04. The monoisotopic (exact) mass is 276 g/mol. The van der Waals surface area contributed by atoms with Gasteiger partial charge in [0.1, 0.15) is 11.8 Å². The Bertz CT molecular complexity index is 497. The Kier molecular flexibility index (Phi) is 3.51. The molecule has 2 amide bonds. The van der Waals surface area contributed by atoms with E-state index < -0.39 is 0 Å². The van der Waals surface area contributed by atoms with Crippen molar-refractivity contribution in [3.63, 3.8) is 0 Å². The standard InChI is InChI=1S/C15H20N2O3/c1-2-12-14(18)16-6-4-7-17(12)15(19)11-9-10(11)13-5-3-8-20-13/h3,5,8,10-12H,2,4,6-7,9H2,1H3,(H,16,18)/t10-,11-,12-/m1/s1. The molecule has 2 heterocycles. The van der Waals surface area contributed by atoms with Gasteiger partial charge in [0.2, 0.25) is 11.8 Å². The molecule has 3 rings (SSSR count). The van der Waals surface area contributed by atoms with Gasteiger partial charge in [0, 0.05) is 24.9 Å². The number of amides is 2. The van der Waals surface area contributed by atoms with E-state index in [2.05, 4.69) is 5.32 Å². The van der Waals surface area contributed by atoms with E-state index in [1.165, 1.54) is 0 Å². The Labute approximate surface area is 118 Å². The van der Waals surface area contributed by atoms with Crippen molar-refractivity contribution in [2.45, 2.75) is 38.1 Å². The highest BCUT2D eigenvalue weighted by Gasteiger charge is 2.49. The van der Waals surface area contributed by atoms with Gasteiger partial charge in [-0.05, 0) is 31.4 Å². The second-order valence-corrected chi connectivity index (χ2v) is 5.56. The van der Waals surface area contributed by atoms with E-state index >= 15 is 0 Å². The number of hydrogen-bond acceptors (Lipinski definition) is 3. The molecule has 3 atom stereocenters. The van der Waals surface area contributed by atoms with Crippen LogP contribution in [0.4, 0.5) is 0 Å². The number of hydrogen-bond donors (Lipinski definition) is 1. The van der Waals surface area contributed by atoms with Crippen molar-refractivity contribution in [3.8, 4) is 0 Å². The number of furan rings is 1. The van der Waals surface area contributed by atoms with Crippen molar-refractivity contribution < 1.29 is 14.0 Å². The summed E-state index contributed by atoms with van der Waals surface area (Å²) in [5.41, 5.74) is 0. The van der Waals surface area contributed by atoms with Gasteiger partial charge in [-0.15, -0.1) is 0 Å². The molecule has 1 saturated carbocycles. The largest absolute Gasteiger partial charge is 0.469 e. The topological polar surface area (TPSA) is 62.6 Å². The zero-order valence-electron chi connectivity index (χ0n) is 11.7. The molecule has 2 aliphatic rings. The number of carbonyl (C=O) groups excluding carboxylic acids is 2. The molecule has 1 N–H and O–H groups in total. The van der Waals surface area contributed by atoms with Gasteiger partial charge in [-0.2, -0.15) is 0 Å². The first-order valence-corrected chi connectivity index (χ1v) is 7.34. The van der Waals surface area contributed by atoms with Crippen LogP contribution in [0.25, 0.3) is 0 Å². The Balaban J connectivity index is 1.71. The summed E-state index contributed by atoms with van der Waals surface area (Å²) in [5, 5.41) is 2.88. The minimum Gasteiger partial charge on any atom is -0.469 e. The summed E-state index contributed by atoms with van der Waals surface area (Å²) in [4.78, 5) is 26.4. The van der Waals surface area contributed by atoms with E-state index in [9.17, 15) is 9.59 Å². The smallest absolute Gasteiger partial charge is 0.242 e. The van der Waals surface area contributed by atoms with E-state index in [4.69, 9.17) is 4.42 Å². The van der Waals surface area contributed by atoms with Gasteiger partial charge in [-0.25, -0.2) is 0 Å². The molecule has 1 aromatic heterocycles. The zero-order valence-corrected chi connectivity index (χ0v) is 11.7. The molecule has 1 aliphatic heterocycles. The first kappa shape index (κ1) is 13.2. The highest BCUT2D eigenvalue weighted by Crippen LogP contribution is 2.48. The van der Waals surface area contributed by atoms with Crippen molar-refractivity contribution in [1.29, 1.82) is 0 Å². The van der Waals surface area contributed by atoms with Crippen LogP contribution in [0.1, 0.15) is 37.9 Å². The van der Waals surface area contributed by atoms with Crippen LogP contribution in [0.15, 0.2) is 22.8 Å². The summed E-state index contributed by atoms with van der Waals surface area (Å²) < 4.78 is 5.37. The SMILES string of the molecule is CC[C@@H]1C(=O)NCCCN1C(=O)[C@@H]1C[C@H]1c1ccco1. The lowest BCUT2D eigenvalue weighted by molar-refractivity contribution is -0.140. The normalized spacial score (nSPS) is 29.8. The fraction of sp³-hybridized carbons (Fsp3) is 0.600. The van der Waals surface area contributed by atoms with Crippen molar-refractivity contribution in [2.75, 3.05) is 13.1 Å². The van der Waals surface area contributed by atoms with Crippen LogP contribution in [0, 0.1) is 5.92 Å². The van der Waals surface area contributed by atoms with E-state index in [0.29, 0.717) is 19.5 Å². The maximum absolute atomic E-state index is 12.6. The lowest BCUT2D eigenvalue weighted by Crippen LogP contribution is -2.47. The predicted octanol–water partition coefficient (Wildman–Crippen LogP) is 1.51. The molecular formula is C15H20N2O3. The van der Waals surface area contributed by atoms with Crippen LogP contribution >= 0.6 is 0 Å². The maximum Gasteiger partial charge on any atom is 0.242 e. The van der Waals surface area contributed by atoms with Crippen LogP contribution in [-0.2, 0) is 9.59 Å². The Hall–Kier alpha value is -1.78. The summed E-state index contributed by atoms with van der Waals surface area (Å²) in [6, 6.07) is 3.45. The second kappa shape index (κ2) is 5.31. The van der Waals surface area contributed by atoms with Crippen LogP contribution in [0.5, 0.6) is 0 Å². The molecule has 5 heteroatoms. The highest BCUT2D eigenvalue weighted by atomic mass is 16.3. The van der Waals surface area contributed by atoms with Gasteiger partial charge in [0.05, 0.1) is 6.26 Å². The van der Waals surface area contributed by atoms with E-state index in [1.54, 1.807) is 11.2 Å². The molecule has 1 aromatic rings. The molecule has 0 spiro atoms. The summed E-state index contributed by atoms with van der Waals surface area (Å²) >= 11 is 0. The molecule has 108 valence electrons. The third kappa shape index (κ3) is 2.32. The number of nitrogens with one attached hydrogen (secondary N) is 1. The van der Waals surface area contributed by atoms with Gasteiger partial charge in [0.15, 0.2) is 0 Å². The summed E-state index contributed by atoms with van der Waals surface area (Å²) in [6.07, 6.45) is 3.96. The maximum atomic E-state index is 12.6. The first-order valence-electron chi connectivity index (χ1n) is 7.34. The molecule has 20 heavy (non-hydrogen) atoms. The molecule has 2 fully saturated rings. The molecule has 1 saturated heterocycles. The fourth-order valence-corrected chi connectivity index (χ4v) is 3.04. The van der Waals surface area contributed by atoms with Gasteiger partial charge < -0.3 is 14.6 Å². The second-order valence-electron chi connectivity index (χ2n) is 5.56. The predicted molar refractivity (Wildman–Crippen MR) is 73.0 cm³/mol. The molecule has 1 aliphatic carbocycles. The van der Waals surface area contributed by atoms with Crippen molar-refractivity contribution in [3.05, 3.63) is 24.2 Å². The third-order valence-corrected chi connectivity index (χ3v) is 4.24. The zero-order chi connectivity index (χ0) is 14.1. The van der Waals surface area contributed by atoms with Gasteiger partial charge in [0.25, 0.3) is 0 Å². The minimum atomic E-state index is -0.317. The van der Waals surface area contributed by atoms with Gasteiger partial charge in [-0.3, -0.25) is 9.59 Å². The van der Waals surface area contributed by atoms with E-state index in [0.717, 1.165) is 18.6 Å². The van der Waals surface area contributed by atoms with Crippen LogP contribution in [0.3, 0.4) is 0 Å². The van der Waals surface area contributed by atoms with E-state index in [-0.39, 0.29) is 29.7 Å². The molecule has 5 nitrogen and oxygen atoms in total. The van der Waals surface area contributed by atoms with Crippen LogP contribution in [-0.4, -0.2) is 35.8 Å². The Morgan fingerprint density at radius 2 is 2.40 bits per heavy atom. The molecule has 0 bridgehead atoms. The Morgan fingerprint density at radius 1 is 1.55 bits per heavy atom. The minimum absolute atomic E-state index is 0.0129.